The van der Waals surface area contributed by atoms with E-state index in [0.717, 1.165) is 6.26 Å². The Labute approximate surface area is 186 Å². The zero-order valence-electron chi connectivity index (χ0n) is 17.9. The van der Waals surface area contributed by atoms with Crippen LogP contribution >= 0.6 is 0 Å². The molecule has 32 heavy (non-hydrogen) atoms. The summed E-state index contributed by atoms with van der Waals surface area (Å²) in [5, 5.41) is 5.89. The van der Waals surface area contributed by atoms with Crippen LogP contribution in [-0.4, -0.2) is 50.3 Å². The molecule has 10 heteroatoms. The smallest absolute Gasteiger partial charge is 0.257 e. The zero-order chi connectivity index (χ0) is 23.1. The number of carbonyl (C=O) groups is 1. The quantitative estimate of drug-likeness (QED) is 0.503. The van der Waals surface area contributed by atoms with Crippen molar-refractivity contribution in [2.75, 3.05) is 30.6 Å². The summed E-state index contributed by atoms with van der Waals surface area (Å²) >= 11 is 0. The summed E-state index contributed by atoms with van der Waals surface area (Å²) in [5.74, 6) is 0.994. The Morgan fingerprint density at radius 2 is 1.84 bits per heavy atom. The molecule has 1 aromatic carbocycles. The molecule has 168 valence electrons. The van der Waals surface area contributed by atoms with Gasteiger partial charge in [-0.2, -0.15) is 4.98 Å². The molecule has 0 saturated heterocycles. The highest BCUT2D eigenvalue weighted by molar-refractivity contribution is 7.90. The summed E-state index contributed by atoms with van der Waals surface area (Å²) in [6.45, 7) is 2.35. The van der Waals surface area contributed by atoms with Gasteiger partial charge in [0, 0.05) is 37.2 Å². The predicted octanol–water partition coefficient (Wildman–Crippen LogP) is 3.37. The van der Waals surface area contributed by atoms with Crippen molar-refractivity contribution in [2.24, 2.45) is 0 Å². The van der Waals surface area contributed by atoms with E-state index in [0.29, 0.717) is 29.6 Å². The van der Waals surface area contributed by atoms with Gasteiger partial charge in [0.2, 0.25) is 5.88 Å². The van der Waals surface area contributed by atoms with Gasteiger partial charge in [-0.05, 0) is 49.4 Å². The van der Waals surface area contributed by atoms with Gasteiger partial charge in [0.1, 0.15) is 17.4 Å². The van der Waals surface area contributed by atoms with E-state index >= 15 is 0 Å². The van der Waals surface area contributed by atoms with Crippen LogP contribution in [0.25, 0.3) is 0 Å². The van der Waals surface area contributed by atoms with Gasteiger partial charge in [-0.25, -0.2) is 13.4 Å². The van der Waals surface area contributed by atoms with Crippen molar-refractivity contribution in [3.8, 4) is 11.6 Å². The number of amides is 1. The normalized spacial score (nSPS) is 12.1. The van der Waals surface area contributed by atoms with Crippen LogP contribution in [0.4, 0.5) is 11.6 Å². The lowest BCUT2D eigenvalue weighted by atomic mass is 10.2. The maximum Gasteiger partial charge on any atom is 0.257 e. The third-order valence-electron chi connectivity index (χ3n) is 4.26. The van der Waals surface area contributed by atoms with Crippen molar-refractivity contribution in [1.82, 2.24) is 9.97 Å². The van der Waals surface area contributed by atoms with Crippen LogP contribution < -0.4 is 15.4 Å². The molecule has 3 rings (SSSR count). The first kappa shape index (κ1) is 23.2. The van der Waals surface area contributed by atoms with Crippen molar-refractivity contribution >= 4 is 27.4 Å². The summed E-state index contributed by atoms with van der Waals surface area (Å²) in [5.41, 5.74) is 0.306. The highest BCUT2D eigenvalue weighted by Crippen LogP contribution is 2.25. The molecule has 0 spiro atoms. The summed E-state index contributed by atoms with van der Waals surface area (Å²) in [6.07, 6.45) is 2.71. The average Bonchev–Trinajstić information content (AvgIpc) is 2.74. The molecular formula is C22H24N4O5S. The molecule has 2 heterocycles. The average molecular weight is 457 g/mol. The summed E-state index contributed by atoms with van der Waals surface area (Å²) < 4.78 is 34.2. The summed E-state index contributed by atoms with van der Waals surface area (Å²) in [4.78, 5) is 21.5. The second-order valence-corrected chi connectivity index (χ2v) is 9.11. The largest absolute Gasteiger partial charge is 0.439 e. The second kappa shape index (κ2) is 10.2. The van der Waals surface area contributed by atoms with Crippen LogP contribution in [0.3, 0.4) is 0 Å². The van der Waals surface area contributed by atoms with Gasteiger partial charge in [0.15, 0.2) is 9.84 Å². The van der Waals surface area contributed by atoms with E-state index in [1.807, 2.05) is 6.92 Å². The maximum atomic E-state index is 12.8. The van der Waals surface area contributed by atoms with Crippen LogP contribution in [0, 0.1) is 0 Å². The highest BCUT2D eigenvalue weighted by Gasteiger charge is 2.14. The molecule has 0 fully saturated rings. The first-order valence-electron chi connectivity index (χ1n) is 9.72. The Hall–Kier alpha value is -3.50. The van der Waals surface area contributed by atoms with Crippen molar-refractivity contribution in [3.05, 3.63) is 66.4 Å². The van der Waals surface area contributed by atoms with E-state index in [2.05, 4.69) is 20.6 Å². The number of sulfone groups is 1. The van der Waals surface area contributed by atoms with Crippen LogP contribution in [0.15, 0.2) is 65.7 Å². The van der Waals surface area contributed by atoms with Crippen LogP contribution in [0.2, 0.25) is 0 Å². The number of carbonyl (C=O) groups excluding carboxylic acids is 1. The van der Waals surface area contributed by atoms with Gasteiger partial charge in [-0.15, -0.1) is 0 Å². The van der Waals surface area contributed by atoms with E-state index < -0.39 is 9.84 Å². The minimum absolute atomic E-state index is 0.0662. The molecule has 1 amide bonds. The van der Waals surface area contributed by atoms with E-state index in [4.69, 9.17) is 9.47 Å². The second-order valence-electron chi connectivity index (χ2n) is 7.09. The Balaban J connectivity index is 1.88. The van der Waals surface area contributed by atoms with Gasteiger partial charge < -0.3 is 20.1 Å². The lowest BCUT2D eigenvalue weighted by Crippen LogP contribution is -2.22. The Kier molecular flexibility index (Phi) is 7.39. The molecule has 0 aliphatic rings. The molecule has 2 N–H and O–H groups in total. The minimum atomic E-state index is -3.32. The number of benzene rings is 1. The van der Waals surface area contributed by atoms with E-state index in [1.54, 1.807) is 37.6 Å². The Morgan fingerprint density at radius 1 is 1.09 bits per heavy atom. The van der Waals surface area contributed by atoms with Crippen molar-refractivity contribution < 1.29 is 22.7 Å². The molecule has 9 nitrogen and oxygen atoms in total. The molecule has 3 aromatic rings. The Bertz CT molecular complexity index is 1170. The number of rotatable bonds is 9. The van der Waals surface area contributed by atoms with Gasteiger partial charge in [-0.3, -0.25) is 4.79 Å². The number of aromatic nitrogens is 2. The fourth-order valence-corrected chi connectivity index (χ4v) is 3.44. The number of hydrogen-bond donors (Lipinski definition) is 2. The van der Waals surface area contributed by atoms with Crippen LogP contribution in [0.5, 0.6) is 11.6 Å². The van der Waals surface area contributed by atoms with Crippen LogP contribution in [-0.2, 0) is 14.6 Å². The number of nitrogens with zero attached hydrogens (tertiary/aromatic N) is 2. The standard InChI is InChI=1S/C22H24N4O5S/c1-15(14-30-2)24-20-12-16(22(27)26-19-6-4-5-11-23-19)13-21(25-20)31-17-7-9-18(10-8-17)32(3,28)29/h4-13,15H,14H2,1-3H3,(H,24,25)(H,23,26,27). The monoisotopic (exact) mass is 456 g/mol. The van der Waals surface area contributed by atoms with Gasteiger partial charge in [0.05, 0.1) is 11.5 Å². The fourth-order valence-electron chi connectivity index (χ4n) is 2.81. The van der Waals surface area contributed by atoms with Gasteiger partial charge >= 0.3 is 0 Å². The highest BCUT2D eigenvalue weighted by atomic mass is 32.2. The number of anilines is 2. The van der Waals surface area contributed by atoms with Gasteiger partial charge in [0.25, 0.3) is 5.91 Å². The number of hydrogen-bond acceptors (Lipinski definition) is 8. The van der Waals surface area contributed by atoms with Crippen LogP contribution in [0.1, 0.15) is 17.3 Å². The number of methoxy groups -OCH3 is 1. The Morgan fingerprint density at radius 3 is 2.47 bits per heavy atom. The summed E-state index contributed by atoms with van der Waals surface area (Å²) in [7, 11) is -1.72. The first-order chi connectivity index (χ1) is 15.2. The molecule has 0 radical (unpaired) electrons. The van der Waals surface area contributed by atoms with Crippen molar-refractivity contribution in [2.45, 2.75) is 17.9 Å². The maximum absolute atomic E-state index is 12.8. The van der Waals surface area contributed by atoms with Crippen molar-refractivity contribution in [1.29, 1.82) is 0 Å². The molecule has 0 saturated carbocycles. The third kappa shape index (κ3) is 6.50. The molecule has 0 bridgehead atoms. The lowest BCUT2D eigenvalue weighted by Gasteiger charge is -2.16. The SMILES string of the molecule is COCC(C)Nc1cc(C(=O)Nc2ccccn2)cc(Oc2ccc(S(C)(=O)=O)cc2)n1. The molecule has 0 aliphatic carbocycles. The third-order valence-corrected chi connectivity index (χ3v) is 5.38. The minimum Gasteiger partial charge on any atom is -0.439 e. The van der Waals surface area contributed by atoms with E-state index in [9.17, 15) is 13.2 Å². The van der Waals surface area contributed by atoms with E-state index in [1.165, 1.54) is 30.3 Å². The predicted molar refractivity (Wildman–Crippen MR) is 121 cm³/mol. The number of ether oxygens (including phenoxy) is 2. The van der Waals surface area contributed by atoms with Crippen molar-refractivity contribution in [3.63, 3.8) is 0 Å². The molecule has 1 unspecified atom stereocenters. The number of pyridine rings is 2. The zero-order valence-corrected chi connectivity index (χ0v) is 18.7. The topological polar surface area (TPSA) is 120 Å². The molecular weight excluding hydrogens is 432 g/mol. The molecule has 2 aromatic heterocycles. The molecule has 0 aliphatic heterocycles. The first-order valence-corrected chi connectivity index (χ1v) is 11.6. The van der Waals surface area contributed by atoms with E-state index in [-0.39, 0.29) is 22.7 Å². The summed E-state index contributed by atoms with van der Waals surface area (Å²) in [6, 6.07) is 14.2. The number of nitrogens with one attached hydrogen (secondary N) is 2. The lowest BCUT2D eigenvalue weighted by molar-refractivity contribution is 0.102. The van der Waals surface area contributed by atoms with Gasteiger partial charge in [-0.1, -0.05) is 6.07 Å². The molecule has 1 atom stereocenters. The fraction of sp³-hybridized carbons (Fsp3) is 0.227.